The van der Waals surface area contributed by atoms with E-state index in [2.05, 4.69) is 35.4 Å². The number of benzene rings is 2. The van der Waals surface area contributed by atoms with Gasteiger partial charge in [-0.25, -0.2) is 0 Å². The van der Waals surface area contributed by atoms with E-state index in [9.17, 15) is 14.9 Å². The maximum absolute atomic E-state index is 12.5. The van der Waals surface area contributed by atoms with Crippen LogP contribution in [0.5, 0.6) is 5.75 Å². The van der Waals surface area contributed by atoms with E-state index in [4.69, 9.17) is 4.74 Å². The molecule has 3 aromatic rings. The number of amides is 1. The molecule has 35 heavy (non-hydrogen) atoms. The molecule has 186 valence electrons. The maximum atomic E-state index is 12.5. The van der Waals surface area contributed by atoms with Gasteiger partial charge in [-0.1, -0.05) is 49.9 Å². The zero-order valence-corrected chi connectivity index (χ0v) is 21.6. The minimum atomic E-state index is -0.463. The van der Waals surface area contributed by atoms with Crippen LogP contribution < -0.4 is 10.1 Å². The van der Waals surface area contributed by atoms with E-state index in [0.717, 1.165) is 11.3 Å². The summed E-state index contributed by atoms with van der Waals surface area (Å²) in [5.74, 6) is 1.60. The topological polar surface area (TPSA) is 112 Å². The van der Waals surface area contributed by atoms with Gasteiger partial charge in [-0.3, -0.25) is 14.9 Å². The number of anilines is 1. The first-order valence-corrected chi connectivity index (χ1v) is 12.4. The van der Waals surface area contributed by atoms with Crippen LogP contribution in [0.3, 0.4) is 0 Å². The fraction of sp³-hybridized carbons (Fsp3) is 0.400. The van der Waals surface area contributed by atoms with Crippen molar-refractivity contribution in [3.8, 4) is 5.75 Å². The molecule has 10 heteroatoms. The van der Waals surface area contributed by atoms with Crippen molar-refractivity contribution in [1.82, 2.24) is 14.8 Å². The molecule has 1 aromatic heterocycles. The molecule has 1 amide bonds. The van der Waals surface area contributed by atoms with Crippen LogP contribution in [0, 0.1) is 17.0 Å². The molecule has 0 aliphatic carbocycles. The third-order valence-corrected chi connectivity index (χ3v) is 6.38. The molecule has 0 fully saturated rings. The largest absolute Gasteiger partial charge is 0.482 e. The zero-order chi connectivity index (χ0) is 25.7. The summed E-state index contributed by atoms with van der Waals surface area (Å²) in [6.45, 7) is 11.9. The van der Waals surface area contributed by atoms with Crippen LogP contribution in [0.15, 0.2) is 47.6 Å². The first-order valence-electron chi connectivity index (χ1n) is 11.5. The zero-order valence-electron chi connectivity index (χ0n) is 20.8. The van der Waals surface area contributed by atoms with Gasteiger partial charge < -0.3 is 14.6 Å². The van der Waals surface area contributed by atoms with Crippen LogP contribution in [0.1, 0.15) is 69.6 Å². The summed E-state index contributed by atoms with van der Waals surface area (Å²) in [6, 6.07) is 12.6. The number of carbonyl (C=O) groups excluding carboxylic acids is 1. The van der Waals surface area contributed by atoms with Crippen molar-refractivity contribution in [3.63, 3.8) is 0 Å². The van der Waals surface area contributed by atoms with E-state index < -0.39 is 4.92 Å². The number of ether oxygens (including phenoxy) is 1. The maximum Gasteiger partial charge on any atom is 0.274 e. The standard InChI is InChI=1S/C25H31N5O4S/c1-15(2)20-9-7-8-10-22(20)34-18(6)24-27-28-25(29(24)16(3)4)35-14-23(31)26-19-12-11-17(5)21(13-19)30(32)33/h7-13,15-16,18H,14H2,1-6H3,(H,26,31). The molecule has 2 aromatic carbocycles. The quantitative estimate of drug-likeness (QED) is 0.205. The molecule has 0 saturated heterocycles. The van der Waals surface area contributed by atoms with Crippen molar-refractivity contribution in [1.29, 1.82) is 0 Å². The number of hydrogen-bond acceptors (Lipinski definition) is 7. The summed E-state index contributed by atoms with van der Waals surface area (Å²) in [4.78, 5) is 23.2. The number of nitro groups is 1. The van der Waals surface area contributed by atoms with Gasteiger partial charge in [0, 0.05) is 23.4 Å². The second-order valence-electron chi connectivity index (χ2n) is 8.85. The molecule has 0 aliphatic heterocycles. The van der Waals surface area contributed by atoms with Gasteiger partial charge in [0.1, 0.15) is 5.75 Å². The van der Waals surface area contributed by atoms with Crippen molar-refractivity contribution >= 4 is 29.0 Å². The number of aryl methyl sites for hydroxylation is 1. The van der Waals surface area contributed by atoms with Crippen LogP contribution >= 0.6 is 11.8 Å². The monoisotopic (exact) mass is 497 g/mol. The summed E-state index contributed by atoms with van der Waals surface area (Å²) in [5, 5.41) is 23.2. The molecule has 0 radical (unpaired) electrons. The van der Waals surface area contributed by atoms with Crippen LogP contribution in [-0.2, 0) is 4.79 Å². The lowest BCUT2D eigenvalue weighted by Gasteiger charge is -2.21. The average Bonchev–Trinajstić information content (AvgIpc) is 3.23. The van der Waals surface area contributed by atoms with E-state index in [1.807, 2.05) is 43.5 Å². The summed E-state index contributed by atoms with van der Waals surface area (Å²) in [6.07, 6.45) is -0.346. The molecule has 0 saturated carbocycles. The normalized spacial score (nSPS) is 12.1. The summed E-state index contributed by atoms with van der Waals surface area (Å²) < 4.78 is 8.24. The van der Waals surface area contributed by atoms with Crippen molar-refractivity contribution in [2.75, 3.05) is 11.1 Å². The minimum absolute atomic E-state index is 0.0346. The highest BCUT2D eigenvalue weighted by atomic mass is 32.2. The van der Waals surface area contributed by atoms with Crippen molar-refractivity contribution in [2.24, 2.45) is 0 Å². The second kappa shape index (κ2) is 11.4. The lowest BCUT2D eigenvalue weighted by Crippen LogP contribution is -2.17. The number of thioether (sulfide) groups is 1. The van der Waals surface area contributed by atoms with Crippen LogP contribution in [-0.4, -0.2) is 31.3 Å². The Balaban J connectivity index is 1.72. The molecule has 9 nitrogen and oxygen atoms in total. The number of rotatable bonds is 10. The number of carbonyl (C=O) groups is 1. The van der Waals surface area contributed by atoms with Gasteiger partial charge in [0.15, 0.2) is 17.1 Å². The summed E-state index contributed by atoms with van der Waals surface area (Å²) in [5.41, 5.74) is 2.00. The third kappa shape index (κ3) is 6.39. The molecule has 0 spiro atoms. The smallest absolute Gasteiger partial charge is 0.274 e. The highest BCUT2D eigenvalue weighted by Gasteiger charge is 2.23. The summed E-state index contributed by atoms with van der Waals surface area (Å²) in [7, 11) is 0. The lowest BCUT2D eigenvalue weighted by molar-refractivity contribution is -0.385. The Hall–Kier alpha value is -3.40. The molecular formula is C25H31N5O4S. The van der Waals surface area contributed by atoms with E-state index in [1.165, 1.54) is 17.8 Å². The molecule has 0 bridgehead atoms. The van der Waals surface area contributed by atoms with Crippen molar-refractivity contribution in [3.05, 3.63) is 69.5 Å². The van der Waals surface area contributed by atoms with Crippen LogP contribution in [0.2, 0.25) is 0 Å². The number of nitrogens with one attached hydrogen (secondary N) is 1. The predicted octanol–water partition coefficient (Wildman–Crippen LogP) is 6.07. The average molecular weight is 498 g/mol. The highest BCUT2D eigenvalue weighted by molar-refractivity contribution is 7.99. The lowest BCUT2D eigenvalue weighted by atomic mass is 10.0. The fourth-order valence-electron chi connectivity index (χ4n) is 3.67. The third-order valence-electron chi connectivity index (χ3n) is 5.44. The van der Waals surface area contributed by atoms with Gasteiger partial charge >= 0.3 is 0 Å². The van der Waals surface area contributed by atoms with Gasteiger partial charge in [-0.2, -0.15) is 0 Å². The predicted molar refractivity (Wildman–Crippen MR) is 137 cm³/mol. The second-order valence-corrected chi connectivity index (χ2v) is 9.79. The Kier molecular flexibility index (Phi) is 8.50. The van der Waals surface area contributed by atoms with Gasteiger partial charge in [0.2, 0.25) is 5.91 Å². The van der Waals surface area contributed by atoms with Gasteiger partial charge in [-0.05, 0) is 51.3 Å². The molecule has 1 atom stereocenters. The van der Waals surface area contributed by atoms with Gasteiger partial charge in [-0.15, -0.1) is 10.2 Å². The molecule has 1 unspecified atom stereocenters. The molecule has 1 heterocycles. The first-order chi connectivity index (χ1) is 16.6. The highest BCUT2D eigenvalue weighted by Crippen LogP contribution is 2.32. The number of hydrogen-bond donors (Lipinski definition) is 1. The Morgan fingerprint density at radius 2 is 1.86 bits per heavy atom. The van der Waals surface area contributed by atoms with Crippen molar-refractivity contribution in [2.45, 2.75) is 64.8 Å². The number of aromatic nitrogens is 3. The molecule has 3 rings (SSSR count). The van der Waals surface area contributed by atoms with Gasteiger partial charge in [0.25, 0.3) is 5.69 Å². The Labute approximate surface area is 209 Å². The Morgan fingerprint density at radius 3 is 2.51 bits per heavy atom. The Bertz CT molecular complexity index is 1210. The molecule has 1 N–H and O–H groups in total. The van der Waals surface area contributed by atoms with E-state index in [1.54, 1.807) is 19.1 Å². The van der Waals surface area contributed by atoms with Gasteiger partial charge in [0.05, 0.1) is 10.7 Å². The molecular weight excluding hydrogens is 466 g/mol. The van der Waals surface area contributed by atoms with Crippen molar-refractivity contribution < 1.29 is 14.5 Å². The van der Waals surface area contributed by atoms with Crippen LogP contribution in [0.4, 0.5) is 11.4 Å². The van der Waals surface area contributed by atoms with E-state index in [0.29, 0.717) is 28.1 Å². The SMILES string of the molecule is Cc1ccc(NC(=O)CSc2nnc(C(C)Oc3ccccc3C(C)C)n2C(C)C)cc1[N+](=O)[O-]. The summed E-state index contributed by atoms with van der Waals surface area (Å²) >= 11 is 1.26. The number of para-hydroxylation sites is 1. The van der Waals surface area contributed by atoms with E-state index in [-0.39, 0.29) is 29.5 Å². The number of nitro benzene ring substituents is 1. The first kappa shape index (κ1) is 26.2. The van der Waals surface area contributed by atoms with E-state index >= 15 is 0 Å². The van der Waals surface area contributed by atoms with Crippen LogP contribution in [0.25, 0.3) is 0 Å². The Morgan fingerprint density at radius 1 is 1.14 bits per heavy atom. The molecule has 0 aliphatic rings. The minimum Gasteiger partial charge on any atom is -0.482 e. The fourth-order valence-corrected chi connectivity index (χ4v) is 4.54. The number of nitrogens with zero attached hydrogens (tertiary/aromatic N) is 4.